The SMILES string of the molecule is C=C1C=NN(Cc2cc(-c3ccc(C(F)(F)F)cc3C(F)(F)F)no2)C=C1NC(C)=NC1CCc2ccccc21. The van der Waals surface area contributed by atoms with Gasteiger partial charge < -0.3 is 9.84 Å². The minimum atomic E-state index is -5.03. The molecule has 5 rings (SSSR count). The van der Waals surface area contributed by atoms with E-state index in [2.05, 4.69) is 34.3 Å². The van der Waals surface area contributed by atoms with Gasteiger partial charge in [-0.3, -0.25) is 10.0 Å². The molecule has 12 heteroatoms. The molecule has 1 aliphatic carbocycles. The van der Waals surface area contributed by atoms with Gasteiger partial charge in [0.05, 0.1) is 34.9 Å². The van der Waals surface area contributed by atoms with E-state index in [9.17, 15) is 26.3 Å². The van der Waals surface area contributed by atoms with E-state index in [0.29, 0.717) is 23.2 Å². The molecule has 1 aliphatic heterocycles. The van der Waals surface area contributed by atoms with Crippen LogP contribution in [0.2, 0.25) is 0 Å². The lowest BCUT2D eigenvalue weighted by molar-refractivity contribution is -0.142. The number of aromatic nitrogens is 1. The Morgan fingerprint density at radius 3 is 2.62 bits per heavy atom. The third-order valence-electron chi connectivity index (χ3n) is 6.56. The number of halogens is 6. The van der Waals surface area contributed by atoms with Gasteiger partial charge in [-0.1, -0.05) is 42.1 Å². The molecule has 2 heterocycles. The Kier molecular flexibility index (Phi) is 7.03. The summed E-state index contributed by atoms with van der Waals surface area (Å²) in [6, 6.07) is 10.8. The molecule has 208 valence electrons. The summed E-state index contributed by atoms with van der Waals surface area (Å²) in [5.41, 5.74) is 0.0596. The first-order chi connectivity index (χ1) is 18.9. The van der Waals surface area contributed by atoms with Crippen LogP contribution in [0.1, 0.15) is 47.4 Å². The second-order valence-corrected chi connectivity index (χ2v) is 9.44. The zero-order valence-corrected chi connectivity index (χ0v) is 21.1. The summed E-state index contributed by atoms with van der Waals surface area (Å²) >= 11 is 0. The van der Waals surface area contributed by atoms with Gasteiger partial charge >= 0.3 is 12.4 Å². The monoisotopic (exact) mass is 559 g/mol. The number of nitrogens with one attached hydrogen (secondary N) is 1. The lowest BCUT2D eigenvalue weighted by atomic mass is 10.0. The van der Waals surface area contributed by atoms with Crippen LogP contribution in [0.3, 0.4) is 0 Å². The van der Waals surface area contributed by atoms with Crippen molar-refractivity contribution in [1.29, 1.82) is 0 Å². The first-order valence-electron chi connectivity index (χ1n) is 12.2. The average molecular weight is 560 g/mol. The van der Waals surface area contributed by atoms with Gasteiger partial charge in [0.1, 0.15) is 12.2 Å². The lowest BCUT2D eigenvalue weighted by Gasteiger charge is -2.21. The highest BCUT2D eigenvalue weighted by molar-refractivity contribution is 5.89. The molecule has 0 amide bonds. The fourth-order valence-corrected chi connectivity index (χ4v) is 4.66. The summed E-state index contributed by atoms with van der Waals surface area (Å²) in [5, 5.41) is 12.6. The number of nitrogens with zero attached hydrogens (tertiary/aromatic N) is 4. The Balaban J connectivity index is 1.32. The Labute approximate surface area is 225 Å². The molecule has 1 unspecified atom stereocenters. The normalized spacial score (nSPS) is 17.7. The average Bonchev–Trinajstić information content (AvgIpc) is 3.52. The van der Waals surface area contributed by atoms with E-state index in [1.165, 1.54) is 28.4 Å². The van der Waals surface area contributed by atoms with E-state index < -0.39 is 29.0 Å². The summed E-state index contributed by atoms with van der Waals surface area (Å²) < 4.78 is 85.0. The smallest absolute Gasteiger partial charge is 0.359 e. The van der Waals surface area contributed by atoms with Gasteiger partial charge in [-0.2, -0.15) is 31.4 Å². The maximum absolute atomic E-state index is 13.6. The van der Waals surface area contributed by atoms with Crippen molar-refractivity contribution in [3.05, 3.63) is 101 Å². The first-order valence-corrected chi connectivity index (χ1v) is 12.2. The number of aliphatic imine (C=N–C) groups is 1. The molecule has 0 saturated heterocycles. The number of allylic oxidation sites excluding steroid dienone is 1. The van der Waals surface area contributed by atoms with E-state index in [4.69, 9.17) is 9.52 Å². The minimum absolute atomic E-state index is 0.00383. The number of aryl methyl sites for hydroxylation is 1. The first kappa shape index (κ1) is 27.2. The summed E-state index contributed by atoms with van der Waals surface area (Å²) in [6.07, 6.45) is -4.93. The largest absolute Gasteiger partial charge is 0.417 e. The van der Waals surface area contributed by atoms with Crippen molar-refractivity contribution >= 4 is 12.1 Å². The van der Waals surface area contributed by atoms with Gasteiger partial charge in [-0.25, -0.2) is 0 Å². The molecule has 40 heavy (non-hydrogen) atoms. The van der Waals surface area contributed by atoms with E-state index in [-0.39, 0.29) is 30.1 Å². The Hall–Kier alpha value is -4.35. The molecule has 0 spiro atoms. The topological polar surface area (TPSA) is 66.0 Å². The second-order valence-electron chi connectivity index (χ2n) is 9.44. The number of hydrogen-bond donors (Lipinski definition) is 1. The van der Waals surface area contributed by atoms with Crippen LogP contribution in [0, 0.1) is 0 Å². The molecule has 0 bridgehead atoms. The van der Waals surface area contributed by atoms with E-state index in [0.717, 1.165) is 18.9 Å². The third-order valence-corrected chi connectivity index (χ3v) is 6.56. The number of hydrogen-bond acceptors (Lipinski definition) is 5. The zero-order valence-electron chi connectivity index (χ0n) is 21.1. The molecule has 0 radical (unpaired) electrons. The summed E-state index contributed by atoms with van der Waals surface area (Å²) in [4.78, 5) is 4.81. The lowest BCUT2D eigenvalue weighted by Crippen LogP contribution is -2.27. The van der Waals surface area contributed by atoms with Crippen LogP contribution in [0.5, 0.6) is 0 Å². The van der Waals surface area contributed by atoms with Crippen molar-refractivity contribution in [3.63, 3.8) is 0 Å². The predicted molar refractivity (Wildman–Crippen MR) is 137 cm³/mol. The molecule has 2 aromatic carbocycles. The van der Waals surface area contributed by atoms with Gasteiger partial charge in [0.25, 0.3) is 0 Å². The maximum atomic E-state index is 13.6. The summed E-state index contributed by atoms with van der Waals surface area (Å²) in [5.74, 6) is 0.824. The van der Waals surface area contributed by atoms with Crippen molar-refractivity contribution in [2.45, 2.75) is 44.7 Å². The van der Waals surface area contributed by atoms with Gasteiger partial charge in [-0.05, 0) is 43.0 Å². The van der Waals surface area contributed by atoms with Crippen LogP contribution in [0.25, 0.3) is 11.3 Å². The van der Waals surface area contributed by atoms with Crippen molar-refractivity contribution in [2.24, 2.45) is 10.1 Å². The molecule has 0 fully saturated rings. The molecule has 0 saturated carbocycles. The summed E-state index contributed by atoms with van der Waals surface area (Å²) in [7, 11) is 0. The highest BCUT2D eigenvalue weighted by Gasteiger charge is 2.39. The Bertz CT molecular complexity index is 1530. The molecule has 2 aliphatic rings. The van der Waals surface area contributed by atoms with E-state index in [1.54, 1.807) is 6.20 Å². The molecule has 6 nitrogen and oxygen atoms in total. The van der Waals surface area contributed by atoms with Crippen LogP contribution in [-0.4, -0.2) is 22.2 Å². The minimum Gasteiger partial charge on any atom is -0.359 e. The third kappa shape index (κ3) is 5.80. The van der Waals surface area contributed by atoms with Crippen molar-refractivity contribution in [2.75, 3.05) is 0 Å². The summed E-state index contributed by atoms with van der Waals surface area (Å²) in [6.45, 7) is 5.81. The van der Waals surface area contributed by atoms with Crippen molar-refractivity contribution < 1.29 is 30.9 Å². The van der Waals surface area contributed by atoms with Crippen LogP contribution >= 0.6 is 0 Å². The van der Waals surface area contributed by atoms with Gasteiger partial charge in [-0.15, -0.1) is 0 Å². The van der Waals surface area contributed by atoms with Gasteiger partial charge in [0.15, 0.2) is 5.76 Å². The van der Waals surface area contributed by atoms with Crippen LogP contribution in [0.15, 0.2) is 87.2 Å². The number of hydrazone groups is 1. The van der Waals surface area contributed by atoms with Gasteiger partial charge in [0.2, 0.25) is 0 Å². The number of fused-ring (bicyclic) bond motifs is 1. The molecule has 3 aromatic rings. The quantitative estimate of drug-likeness (QED) is 0.203. The Morgan fingerprint density at radius 1 is 1.10 bits per heavy atom. The highest BCUT2D eigenvalue weighted by atomic mass is 19.4. The predicted octanol–water partition coefficient (Wildman–Crippen LogP) is 7.27. The van der Waals surface area contributed by atoms with Gasteiger partial charge in [0, 0.05) is 23.4 Å². The molecule has 1 N–H and O–H groups in total. The van der Waals surface area contributed by atoms with Crippen molar-refractivity contribution in [1.82, 2.24) is 15.5 Å². The maximum Gasteiger partial charge on any atom is 0.417 e. The fraction of sp³-hybridized carbons (Fsp3) is 0.250. The van der Waals surface area contributed by atoms with Crippen LogP contribution in [-0.2, 0) is 25.3 Å². The van der Waals surface area contributed by atoms with Crippen molar-refractivity contribution in [3.8, 4) is 11.3 Å². The fourth-order valence-electron chi connectivity index (χ4n) is 4.66. The van der Waals surface area contributed by atoms with Crippen LogP contribution < -0.4 is 5.32 Å². The standard InChI is InChI=1S/C28H23F6N5O/c1-16-13-35-39(15-26(16)37-17(2)36-24-10-7-18-5-3-4-6-21(18)24)14-20-12-25(38-40-20)22-9-8-19(27(29,30)31)11-23(22)28(32,33)34/h3-6,8-9,11-13,15,24H,1,7,10,14H2,2H3,(H,36,37). The molecular weight excluding hydrogens is 536 g/mol. The number of alkyl halides is 6. The highest BCUT2D eigenvalue weighted by Crippen LogP contribution is 2.41. The number of rotatable bonds is 5. The number of amidine groups is 1. The molecule has 1 aromatic heterocycles. The van der Waals surface area contributed by atoms with E-state index >= 15 is 0 Å². The Morgan fingerprint density at radius 2 is 1.88 bits per heavy atom. The van der Waals surface area contributed by atoms with Crippen LogP contribution in [0.4, 0.5) is 26.3 Å². The molecular formula is C28H23F6N5O. The van der Waals surface area contributed by atoms with E-state index in [1.807, 2.05) is 19.1 Å². The number of benzene rings is 2. The second kappa shape index (κ2) is 10.3. The molecule has 1 atom stereocenters. The zero-order chi connectivity index (χ0) is 28.7.